The summed E-state index contributed by atoms with van der Waals surface area (Å²) in [5, 5.41) is 19.1. The number of amides is 2. The number of hydrogen-bond donors (Lipinski definition) is 3. The van der Waals surface area contributed by atoms with Gasteiger partial charge in [-0.3, -0.25) is 5.32 Å². The summed E-state index contributed by atoms with van der Waals surface area (Å²) in [4.78, 5) is 18.5. The van der Waals surface area contributed by atoms with Crippen LogP contribution in [0, 0.1) is 0 Å². The van der Waals surface area contributed by atoms with E-state index in [1.165, 1.54) is 12.8 Å². The second kappa shape index (κ2) is 8.21. The van der Waals surface area contributed by atoms with E-state index < -0.39 is 0 Å². The Morgan fingerprint density at radius 1 is 1.22 bits per heavy atom. The number of thiazole rings is 1. The maximum Gasteiger partial charge on any atom is 0.320 e. The molecule has 0 aliphatic heterocycles. The summed E-state index contributed by atoms with van der Waals surface area (Å²) >= 11 is 3.13. The van der Waals surface area contributed by atoms with Gasteiger partial charge in [0.05, 0.1) is 11.0 Å². The number of nitrogens with one attached hydrogen (secondary N) is 2. The molecule has 140 valence electrons. The molecule has 0 radical (unpaired) electrons. The predicted molar refractivity (Wildman–Crippen MR) is 110 cm³/mol. The molecule has 1 fully saturated rings. The first-order valence-corrected chi connectivity index (χ1v) is 10.7. The smallest absolute Gasteiger partial charge is 0.320 e. The molecule has 4 rings (SSSR count). The zero-order valence-electron chi connectivity index (χ0n) is 14.7. The lowest BCUT2D eigenvalue weighted by Crippen LogP contribution is -2.32. The van der Waals surface area contributed by atoms with Crippen molar-refractivity contribution >= 4 is 33.7 Å². The number of benzene rings is 1. The van der Waals surface area contributed by atoms with Gasteiger partial charge in [0.25, 0.3) is 0 Å². The number of aliphatic hydroxyl groups excluding tert-OH is 1. The minimum absolute atomic E-state index is 0.0184. The first kappa shape index (κ1) is 18.2. The number of aliphatic hydroxyl groups is 1. The van der Waals surface area contributed by atoms with Crippen molar-refractivity contribution in [2.45, 2.75) is 31.2 Å². The van der Waals surface area contributed by atoms with Gasteiger partial charge in [-0.05, 0) is 30.7 Å². The Morgan fingerprint density at radius 2 is 2.04 bits per heavy atom. The van der Waals surface area contributed by atoms with Crippen molar-refractivity contribution in [3.8, 4) is 11.3 Å². The maximum absolute atomic E-state index is 12.7. The molecule has 0 unspecified atom stereocenters. The van der Waals surface area contributed by atoms with Crippen LogP contribution in [0.15, 0.2) is 47.8 Å². The molecular formula is C20H21N3O2S2. The molecule has 1 aliphatic carbocycles. The fourth-order valence-corrected chi connectivity index (χ4v) is 4.88. The van der Waals surface area contributed by atoms with Crippen LogP contribution in [0.3, 0.4) is 0 Å². The van der Waals surface area contributed by atoms with Gasteiger partial charge < -0.3 is 10.4 Å². The normalized spacial score (nSPS) is 14.7. The average molecular weight is 400 g/mol. The minimum atomic E-state index is -0.273. The van der Waals surface area contributed by atoms with Crippen molar-refractivity contribution < 1.29 is 9.90 Å². The third kappa shape index (κ3) is 4.37. The van der Waals surface area contributed by atoms with Crippen LogP contribution in [0.25, 0.3) is 11.3 Å². The summed E-state index contributed by atoms with van der Waals surface area (Å²) in [6.07, 6.45) is 2.82. The van der Waals surface area contributed by atoms with Crippen LogP contribution in [0.2, 0.25) is 0 Å². The van der Waals surface area contributed by atoms with E-state index in [0.717, 1.165) is 26.1 Å². The van der Waals surface area contributed by atoms with Crippen molar-refractivity contribution in [3.05, 3.63) is 57.7 Å². The van der Waals surface area contributed by atoms with E-state index in [9.17, 15) is 9.90 Å². The standard InChI is InChI=1S/C20H21N3O2S2/c24-11-10-15(16-7-4-12-26-16)21-20(25)23-19-17(13-5-2-1-3-6-13)22-18(27-19)14-8-9-14/h1-7,12,14-15,24H,8-11H2,(H2,21,23,25)/t15-/m1/s1. The molecule has 27 heavy (non-hydrogen) atoms. The number of thiophene rings is 1. The summed E-state index contributed by atoms with van der Waals surface area (Å²) in [5.41, 5.74) is 1.83. The third-order valence-electron chi connectivity index (χ3n) is 4.45. The van der Waals surface area contributed by atoms with E-state index in [1.807, 2.05) is 47.8 Å². The summed E-state index contributed by atoms with van der Waals surface area (Å²) in [6.45, 7) is 0.0184. The molecule has 1 saturated carbocycles. The first-order chi connectivity index (χ1) is 13.2. The predicted octanol–water partition coefficient (Wildman–Crippen LogP) is 4.99. The Balaban J connectivity index is 1.53. The number of hydrogen-bond acceptors (Lipinski definition) is 5. The van der Waals surface area contributed by atoms with Crippen molar-refractivity contribution in [3.63, 3.8) is 0 Å². The fraction of sp³-hybridized carbons (Fsp3) is 0.300. The molecule has 5 nitrogen and oxygen atoms in total. The number of carbonyl (C=O) groups excluding carboxylic acids is 1. The van der Waals surface area contributed by atoms with Gasteiger partial charge in [0.2, 0.25) is 0 Å². The van der Waals surface area contributed by atoms with Crippen molar-refractivity contribution in [2.75, 3.05) is 11.9 Å². The monoisotopic (exact) mass is 399 g/mol. The summed E-state index contributed by atoms with van der Waals surface area (Å²) in [6, 6.07) is 13.4. The Kier molecular flexibility index (Phi) is 5.52. The number of nitrogens with zero attached hydrogens (tertiary/aromatic N) is 1. The number of urea groups is 1. The molecular weight excluding hydrogens is 378 g/mol. The molecule has 0 saturated heterocycles. The largest absolute Gasteiger partial charge is 0.396 e. The number of anilines is 1. The van der Waals surface area contributed by atoms with E-state index in [-0.39, 0.29) is 18.7 Å². The molecule has 2 heterocycles. The molecule has 0 bridgehead atoms. The minimum Gasteiger partial charge on any atom is -0.396 e. The molecule has 1 aromatic carbocycles. The summed E-state index contributed by atoms with van der Waals surface area (Å²) < 4.78 is 0. The van der Waals surface area contributed by atoms with Gasteiger partial charge in [0.15, 0.2) is 0 Å². The number of carbonyl (C=O) groups is 1. The number of aromatic nitrogens is 1. The van der Waals surface area contributed by atoms with Crippen molar-refractivity contribution in [1.29, 1.82) is 0 Å². The van der Waals surface area contributed by atoms with E-state index in [2.05, 4.69) is 10.6 Å². The van der Waals surface area contributed by atoms with Crippen LogP contribution in [0.5, 0.6) is 0 Å². The van der Waals surface area contributed by atoms with Gasteiger partial charge in [-0.2, -0.15) is 0 Å². The van der Waals surface area contributed by atoms with Gasteiger partial charge in [0, 0.05) is 23.0 Å². The van der Waals surface area contributed by atoms with E-state index in [1.54, 1.807) is 22.7 Å². The van der Waals surface area contributed by atoms with Crippen LogP contribution in [-0.2, 0) is 0 Å². The zero-order chi connectivity index (χ0) is 18.6. The van der Waals surface area contributed by atoms with E-state index in [4.69, 9.17) is 4.98 Å². The molecule has 1 aliphatic rings. The highest BCUT2D eigenvalue weighted by atomic mass is 32.1. The van der Waals surface area contributed by atoms with Crippen LogP contribution in [0.1, 0.15) is 41.1 Å². The van der Waals surface area contributed by atoms with Gasteiger partial charge >= 0.3 is 6.03 Å². The van der Waals surface area contributed by atoms with Gasteiger partial charge in [-0.15, -0.1) is 22.7 Å². The molecule has 7 heteroatoms. The lowest BCUT2D eigenvalue weighted by molar-refractivity contribution is 0.239. The molecule has 2 amide bonds. The Morgan fingerprint density at radius 3 is 2.70 bits per heavy atom. The Labute approximate surface area is 166 Å². The maximum atomic E-state index is 12.7. The average Bonchev–Trinajstić information content (AvgIpc) is 3.22. The fourth-order valence-electron chi connectivity index (χ4n) is 2.92. The van der Waals surface area contributed by atoms with Crippen LogP contribution < -0.4 is 10.6 Å². The lowest BCUT2D eigenvalue weighted by atomic mass is 10.1. The highest BCUT2D eigenvalue weighted by Crippen LogP contribution is 2.46. The quantitative estimate of drug-likeness (QED) is 0.524. The van der Waals surface area contributed by atoms with Crippen molar-refractivity contribution in [1.82, 2.24) is 10.3 Å². The van der Waals surface area contributed by atoms with Crippen LogP contribution >= 0.6 is 22.7 Å². The number of rotatable bonds is 7. The second-order valence-electron chi connectivity index (χ2n) is 6.55. The van der Waals surface area contributed by atoms with Crippen LogP contribution in [-0.4, -0.2) is 22.7 Å². The molecule has 0 spiro atoms. The second-order valence-corrected chi connectivity index (χ2v) is 8.56. The Hall–Kier alpha value is -2.22. The summed E-state index contributed by atoms with van der Waals surface area (Å²) in [5.74, 6) is 0.532. The van der Waals surface area contributed by atoms with Gasteiger partial charge in [0.1, 0.15) is 10.7 Å². The van der Waals surface area contributed by atoms with E-state index >= 15 is 0 Å². The van der Waals surface area contributed by atoms with Crippen LogP contribution in [0.4, 0.5) is 9.80 Å². The summed E-state index contributed by atoms with van der Waals surface area (Å²) in [7, 11) is 0. The third-order valence-corrected chi connectivity index (χ3v) is 6.57. The highest BCUT2D eigenvalue weighted by molar-refractivity contribution is 7.16. The topological polar surface area (TPSA) is 74.2 Å². The SMILES string of the molecule is O=C(Nc1sc(C2CC2)nc1-c1ccccc1)N[C@H](CCO)c1cccs1. The van der Waals surface area contributed by atoms with E-state index in [0.29, 0.717) is 12.3 Å². The van der Waals surface area contributed by atoms with Crippen molar-refractivity contribution in [2.24, 2.45) is 0 Å². The highest BCUT2D eigenvalue weighted by Gasteiger charge is 2.29. The lowest BCUT2D eigenvalue weighted by Gasteiger charge is -2.16. The Bertz CT molecular complexity index is 889. The molecule has 3 aromatic rings. The molecule has 3 N–H and O–H groups in total. The molecule has 2 aromatic heterocycles. The zero-order valence-corrected chi connectivity index (χ0v) is 16.4. The van der Waals surface area contributed by atoms with Gasteiger partial charge in [-0.1, -0.05) is 36.4 Å². The first-order valence-electron chi connectivity index (χ1n) is 9.02. The van der Waals surface area contributed by atoms with Gasteiger partial charge in [-0.25, -0.2) is 9.78 Å². The molecule has 1 atom stereocenters.